The number of nitrogens with zero attached hydrogens (tertiary/aromatic N) is 2. The maximum Gasteiger partial charge on any atom is 0.417 e. The monoisotopic (exact) mass is 446 g/mol. The number of urea groups is 1. The van der Waals surface area contributed by atoms with Crippen molar-refractivity contribution >= 4 is 35.1 Å². The Morgan fingerprint density at radius 3 is 2.48 bits per heavy atom. The maximum atomic E-state index is 12.9. The molecule has 0 saturated carbocycles. The molecule has 0 saturated heterocycles. The molecule has 31 heavy (non-hydrogen) atoms. The fourth-order valence-electron chi connectivity index (χ4n) is 2.95. The van der Waals surface area contributed by atoms with E-state index in [1.54, 1.807) is 24.3 Å². The molecule has 2 N–H and O–H groups in total. The van der Waals surface area contributed by atoms with Gasteiger partial charge in [-0.05, 0) is 42.5 Å². The van der Waals surface area contributed by atoms with Crippen LogP contribution in [0.4, 0.5) is 29.3 Å². The van der Waals surface area contributed by atoms with E-state index in [0.717, 1.165) is 29.8 Å². The molecule has 1 aliphatic rings. The number of alkyl halides is 3. The number of rotatable bonds is 4. The zero-order chi connectivity index (χ0) is 22.0. The van der Waals surface area contributed by atoms with Gasteiger partial charge in [-0.25, -0.2) is 14.8 Å². The lowest BCUT2D eigenvalue weighted by atomic mass is 10.2. The van der Waals surface area contributed by atoms with Crippen LogP contribution in [-0.2, 0) is 12.6 Å². The highest BCUT2D eigenvalue weighted by molar-refractivity contribution is 6.31. The second-order valence-electron chi connectivity index (χ2n) is 6.54. The smallest absolute Gasteiger partial charge is 0.417 e. The lowest BCUT2D eigenvalue weighted by Crippen LogP contribution is -2.19. The van der Waals surface area contributed by atoms with Crippen LogP contribution in [0, 0.1) is 0 Å². The molecule has 0 aliphatic heterocycles. The summed E-state index contributed by atoms with van der Waals surface area (Å²) in [7, 11) is 0. The number of hydrogen-bond donors (Lipinski definition) is 2. The summed E-state index contributed by atoms with van der Waals surface area (Å²) in [4.78, 5) is 20.5. The van der Waals surface area contributed by atoms with Crippen molar-refractivity contribution in [3.05, 3.63) is 76.7 Å². The molecule has 0 radical (unpaired) electrons. The summed E-state index contributed by atoms with van der Waals surface area (Å²) < 4.78 is 44.6. The van der Waals surface area contributed by atoms with E-state index in [4.69, 9.17) is 16.3 Å². The molecule has 1 heterocycles. The average molecular weight is 447 g/mol. The van der Waals surface area contributed by atoms with Crippen LogP contribution in [0.25, 0.3) is 6.08 Å². The Bertz CT molecular complexity index is 1160. The van der Waals surface area contributed by atoms with Gasteiger partial charge >= 0.3 is 12.2 Å². The Morgan fingerprint density at radius 2 is 1.74 bits per heavy atom. The van der Waals surface area contributed by atoms with Gasteiger partial charge in [-0.2, -0.15) is 13.2 Å². The predicted molar refractivity (Wildman–Crippen MR) is 110 cm³/mol. The van der Waals surface area contributed by atoms with Crippen LogP contribution in [-0.4, -0.2) is 16.0 Å². The van der Waals surface area contributed by atoms with Crippen LogP contribution in [0.1, 0.15) is 16.8 Å². The van der Waals surface area contributed by atoms with Crippen LogP contribution in [0.3, 0.4) is 0 Å². The summed E-state index contributed by atoms with van der Waals surface area (Å²) in [6, 6.07) is 8.87. The van der Waals surface area contributed by atoms with Crippen LogP contribution in [0.5, 0.6) is 11.6 Å². The number of allylic oxidation sites excluding steroid dienone is 1. The number of fused-ring (bicyclic) bond motifs is 1. The number of aromatic nitrogens is 2. The quantitative estimate of drug-likeness (QED) is 0.503. The van der Waals surface area contributed by atoms with E-state index in [1.165, 1.54) is 12.4 Å². The molecular weight excluding hydrogens is 433 g/mol. The van der Waals surface area contributed by atoms with Gasteiger partial charge in [0.15, 0.2) is 0 Å². The molecular formula is C21H14ClF3N4O2. The second-order valence-corrected chi connectivity index (χ2v) is 6.95. The largest absolute Gasteiger partial charge is 0.438 e. The summed E-state index contributed by atoms with van der Waals surface area (Å²) >= 11 is 5.58. The highest BCUT2D eigenvalue weighted by Crippen LogP contribution is 2.36. The normalized spacial score (nSPS) is 12.4. The Labute approximate surface area is 179 Å². The third kappa shape index (κ3) is 4.77. The number of anilines is 2. The maximum absolute atomic E-state index is 12.9. The standard InChI is InChI=1S/C21H14ClF3N4O2/c22-17-9-6-13(10-16(17)21(23,24)25)29-20(30)28-12-4-7-14(8-5-12)31-19-15-2-1-3-18(15)26-11-27-19/h1-2,4-11H,3H2,(H2,28,29,30). The number of carbonyl (C=O) groups excluding carboxylic acids is 1. The Balaban J connectivity index is 1.40. The minimum absolute atomic E-state index is 0.0418. The zero-order valence-corrected chi connectivity index (χ0v) is 16.5. The highest BCUT2D eigenvalue weighted by Gasteiger charge is 2.33. The molecule has 10 heteroatoms. The van der Waals surface area contributed by atoms with Gasteiger partial charge in [0, 0.05) is 17.8 Å². The molecule has 0 fully saturated rings. The molecule has 0 atom stereocenters. The van der Waals surface area contributed by atoms with Crippen molar-refractivity contribution in [2.45, 2.75) is 12.6 Å². The summed E-state index contributed by atoms with van der Waals surface area (Å²) in [5, 5.41) is 4.44. The molecule has 2 aromatic carbocycles. The van der Waals surface area contributed by atoms with Crippen molar-refractivity contribution in [1.29, 1.82) is 0 Å². The van der Waals surface area contributed by atoms with Crippen molar-refractivity contribution < 1.29 is 22.7 Å². The van der Waals surface area contributed by atoms with Gasteiger partial charge in [-0.15, -0.1) is 0 Å². The minimum Gasteiger partial charge on any atom is -0.438 e. The third-order valence-electron chi connectivity index (χ3n) is 4.38. The molecule has 0 spiro atoms. The second kappa shape index (κ2) is 8.27. The molecule has 0 bridgehead atoms. The molecule has 6 nitrogen and oxygen atoms in total. The van der Waals surface area contributed by atoms with E-state index in [1.807, 2.05) is 12.2 Å². The number of carbonyl (C=O) groups is 1. The fraction of sp³-hybridized carbons (Fsp3) is 0.0952. The van der Waals surface area contributed by atoms with Crippen LogP contribution in [0.15, 0.2) is 54.9 Å². The van der Waals surface area contributed by atoms with Gasteiger partial charge in [0.2, 0.25) is 5.88 Å². The molecule has 1 aromatic heterocycles. The number of amides is 2. The first-order valence-corrected chi connectivity index (χ1v) is 9.40. The lowest BCUT2D eigenvalue weighted by Gasteiger charge is -2.12. The summed E-state index contributed by atoms with van der Waals surface area (Å²) in [6.45, 7) is 0. The van der Waals surface area contributed by atoms with E-state index in [2.05, 4.69) is 20.6 Å². The number of hydrogen-bond acceptors (Lipinski definition) is 4. The van der Waals surface area contributed by atoms with Gasteiger partial charge in [0.25, 0.3) is 0 Å². The van der Waals surface area contributed by atoms with Gasteiger partial charge in [0.1, 0.15) is 12.1 Å². The molecule has 0 unspecified atom stereocenters. The Hall–Kier alpha value is -3.59. The summed E-state index contributed by atoms with van der Waals surface area (Å²) in [6.07, 6.45) is 1.40. The summed E-state index contributed by atoms with van der Waals surface area (Å²) in [5.41, 5.74) is 1.06. The third-order valence-corrected chi connectivity index (χ3v) is 4.71. The van der Waals surface area contributed by atoms with E-state index >= 15 is 0 Å². The number of nitrogens with one attached hydrogen (secondary N) is 2. The van der Waals surface area contributed by atoms with Crippen molar-refractivity contribution in [3.8, 4) is 11.6 Å². The van der Waals surface area contributed by atoms with Crippen LogP contribution in [0.2, 0.25) is 5.02 Å². The van der Waals surface area contributed by atoms with Crippen molar-refractivity contribution in [2.75, 3.05) is 10.6 Å². The van der Waals surface area contributed by atoms with E-state index in [-0.39, 0.29) is 5.69 Å². The van der Waals surface area contributed by atoms with Crippen molar-refractivity contribution in [2.24, 2.45) is 0 Å². The van der Waals surface area contributed by atoms with Crippen LogP contribution < -0.4 is 15.4 Å². The number of benzene rings is 2. The van der Waals surface area contributed by atoms with Crippen molar-refractivity contribution in [1.82, 2.24) is 9.97 Å². The molecule has 2 amide bonds. The number of ether oxygens (including phenoxy) is 1. The molecule has 4 rings (SSSR count). The van der Waals surface area contributed by atoms with Crippen LogP contribution >= 0.6 is 11.6 Å². The minimum atomic E-state index is -4.62. The van der Waals surface area contributed by atoms with E-state index in [9.17, 15) is 18.0 Å². The topological polar surface area (TPSA) is 76.1 Å². The first kappa shape index (κ1) is 20.7. The van der Waals surface area contributed by atoms with Gasteiger partial charge < -0.3 is 15.4 Å². The highest BCUT2D eigenvalue weighted by atomic mass is 35.5. The van der Waals surface area contributed by atoms with Gasteiger partial charge in [-0.3, -0.25) is 0 Å². The first-order valence-electron chi connectivity index (χ1n) is 9.03. The van der Waals surface area contributed by atoms with Crippen molar-refractivity contribution in [3.63, 3.8) is 0 Å². The van der Waals surface area contributed by atoms with Gasteiger partial charge in [-0.1, -0.05) is 23.8 Å². The molecule has 158 valence electrons. The zero-order valence-electron chi connectivity index (χ0n) is 15.7. The lowest BCUT2D eigenvalue weighted by molar-refractivity contribution is -0.137. The number of halogens is 4. The molecule has 3 aromatic rings. The van der Waals surface area contributed by atoms with E-state index < -0.39 is 22.8 Å². The fourth-order valence-corrected chi connectivity index (χ4v) is 3.17. The summed E-state index contributed by atoms with van der Waals surface area (Å²) in [5.74, 6) is 0.931. The Kier molecular flexibility index (Phi) is 5.51. The predicted octanol–water partition coefficient (Wildman–Crippen LogP) is 6.15. The first-order chi connectivity index (χ1) is 14.8. The average Bonchev–Trinajstić information content (AvgIpc) is 3.20. The Morgan fingerprint density at radius 1 is 1.03 bits per heavy atom. The SMILES string of the molecule is O=C(Nc1ccc(Oc2ncnc3c2C=CC3)cc1)Nc1ccc(Cl)c(C(F)(F)F)c1. The van der Waals surface area contributed by atoms with Gasteiger partial charge in [0.05, 0.1) is 21.8 Å². The van der Waals surface area contributed by atoms with E-state index in [0.29, 0.717) is 17.3 Å². The molecule has 1 aliphatic carbocycles.